The molecule has 1 N–H and O–H groups in total. The Balaban J connectivity index is 1.31. The van der Waals surface area contributed by atoms with Crippen LogP contribution in [0, 0.1) is 6.92 Å². The van der Waals surface area contributed by atoms with Gasteiger partial charge in [-0.25, -0.2) is 0 Å². The number of halogens is 1. The molecule has 1 aliphatic heterocycles. The highest BCUT2D eigenvalue weighted by Gasteiger charge is 2.19. The number of ether oxygens (including phenoxy) is 2. The first-order valence-electron chi connectivity index (χ1n) is 12.2. The average molecular weight is 524 g/mol. The molecular formula is C29H35BrN2O2. The Morgan fingerprint density at radius 3 is 2.35 bits per heavy atom. The molecule has 0 aliphatic carbocycles. The van der Waals surface area contributed by atoms with Crippen LogP contribution in [-0.2, 0) is 19.7 Å². The molecule has 0 aromatic heterocycles. The van der Waals surface area contributed by atoms with Gasteiger partial charge in [0, 0.05) is 19.1 Å². The predicted octanol–water partition coefficient (Wildman–Crippen LogP) is 6.49. The van der Waals surface area contributed by atoms with Crippen molar-refractivity contribution in [3.63, 3.8) is 0 Å². The first-order valence-corrected chi connectivity index (χ1v) is 13.0. The summed E-state index contributed by atoms with van der Waals surface area (Å²) in [5, 5.41) is 3.76. The van der Waals surface area contributed by atoms with Crippen molar-refractivity contribution in [2.45, 2.75) is 52.4 Å². The molecule has 3 aromatic carbocycles. The van der Waals surface area contributed by atoms with E-state index in [1.54, 1.807) is 0 Å². The second kappa shape index (κ2) is 12.4. The van der Waals surface area contributed by atoms with Crippen LogP contribution in [0.1, 0.15) is 42.0 Å². The first kappa shape index (κ1) is 24.8. The Morgan fingerprint density at radius 2 is 1.65 bits per heavy atom. The minimum Gasteiger partial charge on any atom is -0.490 e. The summed E-state index contributed by atoms with van der Waals surface area (Å²) in [6.07, 6.45) is 2.34. The van der Waals surface area contributed by atoms with Crippen molar-refractivity contribution in [2.24, 2.45) is 0 Å². The molecule has 0 bridgehead atoms. The Morgan fingerprint density at radius 1 is 0.912 bits per heavy atom. The zero-order valence-corrected chi connectivity index (χ0v) is 21.8. The average Bonchev–Trinajstić information content (AvgIpc) is 2.85. The molecule has 0 amide bonds. The molecule has 0 unspecified atom stereocenters. The number of aryl methyl sites for hydroxylation is 1. The standard InChI is InChI=1S/C29H35BrN2O2/c1-3-33-28-18-25(17-27(30)29(28)34-21-24-11-9-22(2)10-12-24)19-31-26-13-15-32(16-14-26)20-23-7-5-4-6-8-23/h4-12,17-18,26,31H,3,13-16,19-21H2,1-2H3. The van der Waals surface area contributed by atoms with Crippen molar-refractivity contribution in [3.05, 3.63) is 93.5 Å². The van der Waals surface area contributed by atoms with Crippen LogP contribution in [0.5, 0.6) is 11.5 Å². The van der Waals surface area contributed by atoms with Gasteiger partial charge in [-0.05, 0) is 84.5 Å². The molecule has 1 fully saturated rings. The lowest BCUT2D eigenvalue weighted by molar-refractivity contribution is 0.190. The summed E-state index contributed by atoms with van der Waals surface area (Å²) in [5.41, 5.74) is 4.99. The first-order chi connectivity index (χ1) is 16.6. The highest BCUT2D eigenvalue weighted by Crippen LogP contribution is 2.37. The minimum absolute atomic E-state index is 0.512. The summed E-state index contributed by atoms with van der Waals surface area (Å²) in [5.74, 6) is 1.55. The fourth-order valence-corrected chi connectivity index (χ4v) is 4.97. The molecule has 1 heterocycles. The molecule has 3 aromatic rings. The maximum atomic E-state index is 6.16. The van der Waals surface area contributed by atoms with Crippen LogP contribution in [-0.4, -0.2) is 30.6 Å². The molecule has 4 nitrogen and oxygen atoms in total. The molecule has 0 radical (unpaired) electrons. The summed E-state index contributed by atoms with van der Waals surface area (Å²) in [7, 11) is 0. The van der Waals surface area contributed by atoms with Gasteiger partial charge in [0.15, 0.2) is 11.5 Å². The zero-order chi connectivity index (χ0) is 23.8. The lowest BCUT2D eigenvalue weighted by Crippen LogP contribution is -2.41. The van der Waals surface area contributed by atoms with Gasteiger partial charge in [-0.1, -0.05) is 60.2 Å². The van der Waals surface area contributed by atoms with E-state index in [1.165, 1.54) is 29.5 Å². The fraction of sp³-hybridized carbons (Fsp3) is 0.379. The van der Waals surface area contributed by atoms with Crippen molar-refractivity contribution < 1.29 is 9.47 Å². The van der Waals surface area contributed by atoms with Crippen LogP contribution in [0.3, 0.4) is 0 Å². The SMILES string of the molecule is CCOc1cc(CNC2CCN(Cc3ccccc3)CC2)cc(Br)c1OCc1ccc(C)cc1. The molecule has 0 saturated carbocycles. The van der Waals surface area contributed by atoms with E-state index in [4.69, 9.17) is 9.47 Å². The Kier molecular flexibility index (Phi) is 9.03. The normalized spacial score (nSPS) is 14.8. The Hall–Kier alpha value is -2.34. The summed E-state index contributed by atoms with van der Waals surface area (Å²) in [6.45, 7) is 9.34. The van der Waals surface area contributed by atoms with Crippen molar-refractivity contribution in [1.82, 2.24) is 10.2 Å². The van der Waals surface area contributed by atoms with Crippen molar-refractivity contribution in [1.29, 1.82) is 0 Å². The second-order valence-corrected chi connectivity index (χ2v) is 9.88. The van der Waals surface area contributed by atoms with Gasteiger partial charge in [0.25, 0.3) is 0 Å². The third-order valence-electron chi connectivity index (χ3n) is 6.30. The molecule has 34 heavy (non-hydrogen) atoms. The Labute approximate surface area is 212 Å². The maximum Gasteiger partial charge on any atom is 0.175 e. The largest absolute Gasteiger partial charge is 0.490 e. The maximum absolute atomic E-state index is 6.16. The molecule has 0 atom stereocenters. The van der Waals surface area contributed by atoms with Gasteiger partial charge in [0.2, 0.25) is 0 Å². The van der Waals surface area contributed by atoms with Crippen molar-refractivity contribution in [2.75, 3.05) is 19.7 Å². The van der Waals surface area contributed by atoms with Gasteiger partial charge in [0.1, 0.15) is 6.61 Å². The minimum atomic E-state index is 0.512. The van der Waals surface area contributed by atoms with E-state index in [1.807, 2.05) is 6.92 Å². The van der Waals surface area contributed by atoms with E-state index in [9.17, 15) is 0 Å². The van der Waals surface area contributed by atoms with E-state index in [0.717, 1.165) is 47.7 Å². The van der Waals surface area contributed by atoms with Gasteiger partial charge in [-0.15, -0.1) is 0 Å². The van der Waals surface area contributed by atoms with E-state index < -0.39 is 0 Å². The highest BCUT2D eigenvalue weighted by atomic mass is 79.9. The van der Waals surface area contributed by atoms with Crippen LogP contribution >= 0.6 is 15.9 Å². The van der Waals surface area contributed by atoms with Crippen LogP contribution in [0.2, 0.25) is 0 Å². The number of nitrogens with one attached hydrogen (secondary N) is 1. The number of piperidine rings is 1. The van der Waals surface area contributed by atoms with Crippen LogP contribution in [0.15, 0.2) is 71.2 Å². The van der Waals surface area contributed by atoms with E-state index in [2.05, 4.69) is 99.8 Å². The molecular weight excluding hydrogens is 488 g/mol. The van der Waals surface area contributed by atoms with Crippen LogP contribution < -0.4 is 14.8 Å². The van der Waals surface area contributed by atoms with Gasteiger partial charge < -0.3 is 14.8 Å². The molecule has 0 spiro atoms. The number of likely N-dealkylation sites (tertiary alicyclic amines) is 1. The predicted molar refractivity (Wildman–Crippen MR) is 142 cm³/mol. The third-order valence-corrected chi connectivity index (χ3v) is 6.89. The van der Waals surface area contributed by atoms with Gasteiger partial charge >= 0.3 is 0 Å². The summed E-state index contributed by atoms with van der Waals surface area (Å²) < 4.78 is 13.0. The number of nitrogens with zero attached hydrogens (tertiary/aromatic N) is 1. The van der Waals surface area contributed by atoms with Crippen molar-refractivity contribution >= 4 is 15.9 Å². The van der Waals surface area contributed by atoms with Gasteiger partial charge in [0.05, 0.1) is 11.1 Å². The summed E-state index contributed by atoms with van der Waals surface area (Å²) in [6, 6.07) is 24.0. The highest BCUT2D eigenvalue weighted by molar-refractivity contribution is 9.10. The third kappa shape index (κ3) is 7.08. The molecule has 5 heteroatoms. The number of hydrogen-bond donors (Lipinski definition) is 1. The molecule has 1 aliphatic rings. The van der Waals surface area contributed by atoms with E-state index >= 15 is 0 Å². The van der Waals surface area contributed by atoms with Crippen molar-refractivity contribution in [3.8, 4) is 11.5 Å². The molecule has 4 rings (SSSR count). The molecule has 180 valence electrons. The lowest BCUT2D eigenvalue weighted by atomic mass is 10.0. The zero-order valence-electron chi connectivity index (χ0n) is 20.2. The number of benzene rings is 3. The number of rotatable bonds is 10. The second-order valence-electron chi connectivity index (χ2n) is 9.03. The lowest BCUT2D eigenvalue weighted by Gasteiger charge is -2.32. The number of hydrogen-bond acceptors (Lipinski definition) is 4. The van der Waals surface area contributed by atoms with Gasteiger partial charge in [-0.2, -0.15) is 0 Å². The fourth-order valence-electron chi connectivity index (χ4n) is 4.37. The monoisotopic (exact) mass is 522 g/mol. The van der Waals surface area contributed by atoms with Gasteiger partial charge in [-0.3, -0.25) is 4.90 Å². The van der Waals surface area contributed by atoms with Crippen LogP contribution in [0.4, 0.5) is 0 Å². The Bertz CT molecular complexity index is 1030. The topological polar surface area (TPSA) is 33.7 Å². The smallest absolute Gasteiger partial charge is 0.175 e. The van der Waals surface area contributed by atoms with Crippen LogP contribution in [0.25, 0.3) is 0 Å². The summed E-state index contributed by atoms with van der Waals surface area (Å²) >= 11 is 3.72. The quantitative estimate of drug-likeness (QED) is 0.330. The molecule has 1 saturated heterocycles. The summed E-state index contributed by atoms with van der Waals surface area (Å²) in [4.78, 5) is 2.55. The van der Waals surface area contributed by atoms with E-state index in [-0.39, 0.29) is 0 Å². The van der Waals surface area contributed by atoms with E-state index in [0.29, 0.717) is 19.3 Å².